The molecule has 0 saturated heterocycles. The van der Waals surface area contributed by atoms with E-state index in [-0.39, 0.29) is 18.3 Å². The van der Waals surface area contributed by atoms with E-state index in [0.29, 0.717) is 46.9 Å². The lowest BCUT2D eigenvalue weighted by atomic mass is 9.92. The molecule has 2 atom stereocenters. The van der Waals surface area contributed by atoms with E-state index in [0.717, 1.165) is 22.0 Å². The lowest BCUT2D eigenvalue weighted by Gasteiger charge is -2.21. The SMILES string of the molecule is CC1C(COc2ccc(Nc3ncnc4ccc(-c5ccc(CNCCS(C)(=O)=O)o5)cc34)cc2Cl)=CC=CC1F. The molecule has 0 aliphatic heterocycles. The highest BCUT2D eigenvalue weighted by Crippen LogP contribution is 2.33. The van der Waals surface area contributed by atoms with E-state index in [1.54, 1.807) is 18.2 Å². The Morgan fingerprint density at radius 1 is 1.12 bits per heavy atom. The van der Waals surface area contributed by atoms with Crippen LogP contribution in [0.15, 0.2) is 83.1 Å². The molecule has 5 rings (SSSR count). The van der Waals surface area contributed by atoms with Crippen molar-refractivity contribution in [3.05, 3.63) is 89.4 Å². The molecule has 0 saturated carbocycles. The Morgan fingerprint density at radius 2 is 1.98 bits per heavy atom. The van der Waals surface area contributed by atoms with Gasteiger partial charge in [-0.2, -0.15) is 0 Å². The molecule has 2 aromatic heterocycles. The number of nitrogens with zero attached hydrogens (tertiary/aromatic N) is 2. The van der Waals surface area contributed by atoms with Crippen LogP contribution in [0.1, 0.15) is 12.7 Å². The van der Waals surface area contributed by atoms with E-state index in [9.17, 15) is 12.8 Å². The normalized spacial score (nSPS) is 17.0. The minimum Gasteiger partial charge on any atom is -0.488 e. The maximum absolute atomic E-state index is 14.0. The molecule has 214 valence electrons. The van der Waals surface area contributed by atoms with Crippen LogP contribution in [0.25, 0.3) is 22.2 Å². The fraction of sp³-hybridized carbons (Fsp3) is 0.267. The number of hydrogen-bond donors (Lipinski definition) is 2. The van der Waals surface area contributed by atoms with Crippen LogP contribution in [0.5, 0.6) is 5.75 Å². The minimum atomic E-state index is -3.02. The van der Waals surface area contributed by atoms with E-state index in [1.807, 2.05) is 49.4 Å². The zero-order valence-electron chi connectivity index (χ0n) is 22.6. The van der Waals surface area contributed by atoms with E-state index >= 15 is 0 Å². The first kappa shape index (κ1) is 28.8. The molecule has 0 spiro atoms. The van der Waals surface area contributed by atoms with Gasteiger partial charge in [-0.25, -0.2) is 22.8 Å². The number of ether oxygens (including phenoxy) is 1. The van der Waals surface area contributed by atoms with Crippen molar-refractivity contribution in [1.82, 2.24) is 15.3 Å². The summed E-state index contributed by atoms with van der Waals surface area (Å²) in [7, 11) is -3.02. The van der Waals surface area contributed by atoms with Crippen molar-refractivity contribution in [2.24, 2.45) is 5.92 Å². The topological polar surface area (TPSA) is 106 Å². The van der Waals surface area contributed by atoms with Gasteiger partial charge in [0.25, 0.3) is 0 Å². The van der Waals surface area contributed by atoms with Gasteiger partial charge in [0.15, 0.2) is 0 Å². The highest BCUT2D eigenvalue weighted by molar-refractivity contribution is 7.90. The molecule has 2 heterocycles. The van der Waals surface area contributed by atoms with Crippen LogP contribution in [0, 0.1) is 5.92 Å². The quantitative estimate of drug-likeness (QED) is 0.195. The molecular weight excluding hydrogens is 567 g/mol. The highest BCUT2D eigenvalue weighted by Gasteiger charge is 2.21. The average molecular weight is 597 g/mol. The van der Waals surface area contributed by atoms with E-state index in [1.165, 1.54) is 18.7 Å². The van der Waals surface area contributed by atoms with Crippen LogP contribution in [0.3, 0.4) is 0 Å². The maximum Gasteiger partial charge on any atom is 0.148 e. The summed E-state index contributed by atoms with van der Waals surface area (Å²) in [5.74, 6) is 2.29. The Balaban J connectivity index is 1.28. The third-order valence-corrected chi connectivity index (χ3v) is 8.03. The first-order valence-corrected chi connectivity index (χ1v) is 15.5. The van der Waals surface area contributed by atoms with Gasteiger partial charge in [0.1, 0.15) is 52.0 Å². The third-order valence-electron chi connectivity index (χ3n) is 6.79. The summed E-state index contributed by atoms with van der Waals surface area (Å²) >= 11 is 6.52. The number of rotatable bonds is 11. The summed E-state index contributed by atoms with van der Waals surface area (Å²) in [4.78, 5) is 8.82. The smallest absolute Gasteiger partial charge is 0.148 e. The number of benzene rings is 2. The minimum absolute atomic E-state index is 0.0677. The van der Waals surface area contributed by atoms with E-state index in [4.69, 9.17) is 20.8 Å². The number of alkyl halides is 1. The first-order chi connectivity index (χ1) is 19.7. The number of aromatic nitrogens is 2. The number of sulfone groups is 1. The van der Waals surface area contributed by atoms with Gasteiger partial charge in [-0.05, 0) is 54.1 Å². The zero-order chi connectivity index (χ0) is 29.0. The van der Waals surface area contributed by atoms with Crippen molar-refractivity contribution in [3.63, 3.8) is 0 Å². The molecule has 0 fully saturated rings. The summed E-state index contributed by atoms with van der Waals surface area (Å²) in [6.07, 6.45) is 6.81. The zero-order valence-corrected chi connectivity index (χ0v) is 24.2. The molecule has 1 aliphatic rings. The van der Waals surface area contributed by atoms with Gasteiger partial charge >= 0.3 is 0 Å². The standard InChI is InChI=1S/C30H30ClFN4O4S/c1-19-21(4-3-5-26(19)32)17-39-29-10-7-22(15-25(29)31)36-30-24-14-20(6-9-27(24)34-18-35-30)28-11-8-23(40-28)16-33-12-13-41(2,37)38/h3-11,14-15,18-19,26,33H,12-13,16-17H2,1-2H3,(H,34,35,36). The number of fused-ring (bicyclic) bond motifs is 1. The van der Waals surface area contributed by atoms with Gasteiger partial charge in [-0.15, -0.1) is 0 Å². The maximum atomic E-state index is 14.0. The summed E-state index contributed by atoms with van der Waals surface area (Å²) < 4.78 is 48.5. The van der Waals surface area contributed by atoms with Gasteiger partial charge in [-0.3, -0.25) is 0 Å². The van der Waals surface area contributed by atoms with Crippen molar-refractivity contribution in [3.8, 4) is 17.1 Å². The van der Waals surface area contributed by atoms with Crippen molar-refractivity contribution in [2.75, 3.05) is 30.5 Å². The third kappa shape index (κ3) is 7.32. The van der Waals surface area contributed by atoms with Crippen LogP contribution >= 0.6 is 11.6 Å². The summed E-state index contributed by atoms with van der Waals surface area (Å²) in [5, 5.41) is 7.60. The van der Waals surface area contributed by atoms with Crippen LogP contribution < -0.4 is 15.4 Å². The molecule has 2 unspecified atom stereocenters. The largest absolute Gasteiger partial charge is 0.488 e. The van der Waals surface area contributed by atoms with E-state index in [2.05, 4.69) is 20.6 Å². The lowest BCUT2D eigenvalue weighted by Crippen LogP contribution is -2.21. The second-order valence-corrected chi connectivity index (χ2v) is 12.6. The predicted octanol–water partition coefficient (Wildman–Crippen LogP) is 6.27. The average Bonchev–Trinajstić information content (AvgIpc) is 3.41. The highest BCUT2D eigenvalue weighted by atomic mass is 35.5. The number of nitrogens with one attached hydrogen (secondary N) is 2. The molecule has 2 aromatic carbocycles. The fourth-order valence-corrected chi connectivity index (χ4v) is 5.14. The number of furan rings is 1. The summed E-state index contributed by atoms with van der Waals surface area (Å²) in [5.41, 5.74) is 3.18. The van der Waals surface area contributed by atoms with Gasteiger partial charge < -0.3 is 19.8 Å². The number of anilines is 2. The van der Waals surface area contributed by atoms with Gasteiger partial charge in [-0.1, -0.05) is 36.8 Å². The van der Waals surface area contributed by atoms with Gasteiger partial charge in [0.05, 0.1) is 22.8 Å². The Hall–Kier alpha value is -3.73. The first-order valence-electron chi connectivity index (χ1n) is 13.1. The molecule has 0 radical (unpaired) electrons. The fourth-order valence-electron chi connectivity index (χ4n) is 4.39. The predicted molar refractivity (Wildman–Crippen MR) is 160 cm³/mol. The number of allylic oxidation sites excluding steroid dienone is 3. The molecule has 4 aromatic rings. The number of hydrogen-bond acceptors (Lipinski definition) is 8. The Kier molecular flexibility index (Phi) is 8.72. The number of halogens is 2. The van der Waals surface area contributed by atoms with Crippen molar-refractivity contribution < 1.29 is 22.0 Å². The van der Waals surface area contributed by atoms with Crippen molar-refractivity contribution in [1.29, 1.82) is 0 Å². The van der Waals surface area contributed by atoms with Crippen LogP contribution in [-0.4, -0.2) is 49.7 Å². The molecule has 1 aliphatic carbocycles. The van der Waals surface area contributed by atoms with Gasteiger partial charge in [0.2, 0.25) is 0 Å². The molecule has 0 amide bonds. The summed E-state index contributed by atoms with van der Waals surface area (Å²) in [6, 6.07) is 14.9. The van der Waals surface area contributed by atoms with Crippen molar-refractivity contribution in [2.45, 2.75) is 19.6 Å². The van der Waals surface area contributed by atoms with E-state index < -0.39 is 16.0 Å². The lowest BCUT2D eigenvalue weighted by molar-refractivity contribution is 0.282. The molecule has 11 heteroatoms. The molecule has 41 heavy (non-hydrogen) atoms. The monoisotopic (exact) mass is 596 g/mol. The van der Waals surface area contributed by atoms with Crippen LogP contribution in [0.4, 0.5) is 15.9 Å². The molecule has 2 N–H and O–H groups in total. The Bertz CT molecular complexity index is 1720. The molecule has 0 bridgehead atoms. The molecular formula is C30H30ClFN4O4S. The Labute approximate surface area is 243 Å². The van der Waals surface area contributed by atoms with Crippen LogP contribution in [-0.2, 0) is 16.4 Å². The van der Waals surface area contributed by atoms with Gasteiger partial charge in [0, 0.05) is 35.4 Å². The Morgan fingerprint density at radius 3 is 2.78 bits per heavy atom. The summed E-state index contributed by atoms with van der Waals surface area (Å²) in [6.45, 7) is 2.86. The second kappa shape index (κ2) is 12.4. The van der Waals surface area contributed by atoms with Crippen molar-refractivity contribution >= 4 is 43.8 Å². The second-order valence-electron chi connectivity index (χ2n) is 9.95. The van der Waals surface area contributed by atoms with Crippen LogP contribution in [0.2, 0.25) is 5.02 Å². The molecule has 8 nitrogen and oxygen atoms in total.